The SMILES string of the molecule is c1ccc(Oc2ccccc2OC2CCCCO2)c(OCc2cc(COc3ccccc3Oc3ccccc3OC3CCCCO3)c(COc3ccccc3Oc3ccccc3OC3CCCCO3)cc2COc2ccccc2Oc2ccccc2OC2CCCCO2)c1. The van der Waals surface area contributed by atoms with E-state index in [0.717, 1.165) is 99.3 Å². The first-order valence-electron chi connectivity index (χ1n) is 32.8. The smallest absolute Gasteiger partial charge is 0.200 e. The zero-order valence-corrected chi connectivity index (χ0v) is 52.6. The Morgan fingerprint density at radius 1 is 0.223 bits per heavy atom. The first-order valence-corrected chi connectivity index (χ1v) is 32.8. The van der Waals surface area contributed by atoms with Gasteiger partial charge < -0.3 is 75.8 Å². The van der Waals surface area contributed by atoms with Crippen molar-refractivity contribution in [3.8, 4) is 92.0 Å². The largest absolute Gasteiger partial charge is 0.485 e. The van der Waals surface area contributed by atoms with Crippen molar-refractivity contribution >= 4 is 0 Å². The highest BCUT2D eigenvalue weighted by Crippen LogP contribution is 2.43. The summed E-state index contributed by atoms with van der Waals surface area (Å²) >= 11 is 0. The summed E-state index contributed by atoms with van der Waals surface area (Å²) in [6, 6.07) is 64.9. The molecule has 4 fully saturated rings. The molecule has 4 atom stereocenters. The van der Waals surface area contributed by atoms with Crippen LogP contribution in [0.2, 0.25) is 0 Å². The summed E-state index contributed by atoms with van der Waals surface area (Å²) < 4.78 is 103. The van der Waals surface area contributed by atoms with E-state index in [2.05, 4.69) is 12.1 Å². The summed E-state index contributed by atoms with van der Waals surface area (Å²) in [4.78, 5) is 0. The molecule has 0 radical (unpaired) electrons. The van der Waals surface area contributed by atoms with Crippen molar-refractivity contribution in [2.45, 2.75) is 129 Å². The van der Waals surface area contributed by atoms with E-state index in [1.807, 2.05) is 194 Å². The molecular weight excluding hydrogens is 1190 g/mol. The van der Waals surface area contributed by atoms with E-state index in [1.54, 1.807) is 0 Å². The molecule has 4 saturated heterocycles. The fourth-order valence-electron chi connectivity index (χ4n) is 11.3. The number of para-hydroxylation sites is 16. The van der Waals surface area contributed by atoms with Crippen molar-refractivity contribution in [2.75, 3.05) is 26.4 Å². The topological polar surface area (TPSA) is 148 Å². The predicted molar refractivity (Wildman–Crippen MR) is 352 cm³/mol. The first kappa shape index (κ1) is 63.2. The standard InChI is InChI=1S/C78H78O16/c1-5-29-63(87-67-33-9-13-37-71(67)91-75-41-17-21-45-79-75)59(25-1)83-51-55-49-57(53-85-61-27-3-7-31-65(61)89-69-35-11-15-39-73(69)93-77-43-19-23-47-81-77)58(54-86-62-28-4-8-32-66(62)90-70-36-12-16-40-74(70)94-78-44-20-24-48-82-78)50-56(55)52-84-60-26-2-6-30-64(60)88-68-34-10-14-38-72(68)92-76-42-18-22-46-80-76/h1-16,25-40,49-50,75-78H,17-24,41-48,51-54H2. The third-order valence-electron chi connectivity index (χ3n) is 16.3. The molecular formula is C78H78O16. The normalized spacial score (nSPS) is 18.0. The lowest BCUT2D eigenvalue weighted by atomic mass is 9.99. The predicted octanol–water partition coefficient (Wildman–Crippen LogP) is 18.8. The number of rotatable bonds is 28. The Morgan fingerprint density at radius 3 is 0.596 bits per heavy atom. The minimum atomic E-state index is -0.368. The maximum Gasteiger partial charge on any atom is 0.200 e. The minimum Gasteiger partial charge on any atom is -0.485 e. The molecule has 9 aromatic carbocycles. The van der Waals surface area contributed by atoms with Gasteiger partial charge in [0.15, 0.2) is 117 Å². The van der Waals surface area contributed by atoms with Gasteiger partial charge in [-0.3, -0.25) is 0 Å². The van der Waals surface area contributed by atoms with E-state index in [0.29, 0.717) is 118 Å². The summed E-state index contributed by atoms with van der Waals surface area (Å²) in [7, 11) is 0. The van der Waals surface area contributed by atoms with E-state index >= 15 is 0 Å². The van der Waals surface area contributed by atoms with Crippen LogP contribution in [-0.4, -0.2) is 51.6 Å². The summed E-state index contributed by atoms with van der Waals surface area (Å²) in [6.45, 7) is 2.92. The molecule has 9 aromatic rings. The Hall–Kier alpha value is -9.58. The van der Waals surface area contributed by atoms with Gasteiger partial charge >= 0.3 is 0 Å². The molecule has 0 amide bonds. The second-order valence-corrected chi connectivity index (χ2v) is 23.2. The van der Waals surface area contributed by atoms with Crippen molar-refractivity contribution < 1.29 is 75.8 Å². The Balaban J connectivity index is 0.835. The molecule has 486 valence electrons. The van der Waals surface area contributed by atoms with Crippen LogP contribution in [0.1, 0.15) is 99.3 Å². The van der Waals surface area contributed by atoms with Crippen molar-refractivity contribution in [2.24, 2.45) is 0 Å². The quantitative estimate of drug-likeness (QED) is 0.0457. The van der Waals surface area contributed by atoms with Crippen LogP contribution in [0.25, 0.3) is 0 Å². The van der Waals surface area contributed by atoms with E-state index in [9.17, 15) is 0 Å². The lowest BCUT2D eigenvalue weighted by molar-refractivity contribution is -0.106. The van der Waals surface area contributed by atoms with Crippen LogP contribution in [-0.2, 0) is 45.4 Å². The van der Waals surface area contributed by atoms with Crippen LogP contribution < -0.4 is 56.8 Å². The van der Waals surface area contributed by atoms with Crippen LogP contribution in [0.3, 0.4) is 0 Å². The lowest BCUT2D eigenvalue weighted by Gasteiger charge is -2.25. The van der Waals surface area contributed by atoms with Crippen LogP contribution >= 0.6 is 0 Å². The Kier molecular flexibility index (Phi) is 21.7. The molecule has 16 heteroatoms. The van der Waals surface area contributed by atoms with E-state index in [4.69, 9.17) is 75.8 Å². The maximum absolute atomic E-state index is 6.88. The van der Waals surface area contributed by atoms with E-state index in [1.165, 1.54) is 0 Å². The van der Waals surface area contributed by atoms with Crippen molar-refractivity contribution in [1.29, 1.82) is 0 Å². The number of ether oxygens (including phenoxy) is 16. The average molecular weight is 1270 g/mol. The van der Waals surface area contributed by atoms with Gasteiger partial charge in [0.2, 0.25) is 0 Å². The first-order chi connectivity index (χ1) is 46.6. The summed E-state index contributed by atoms with van der Waals surface area (Å²) in [5.41, 5.74) is 3.18. The zero-order chi connectivity index (χ0) is 63.4. The molecule has 0 aromatic heterocycles. The molecule has 16 nitrogen and oxygen atoms in total. The molecule has 4 unspecified atom stereocenters. The molecule has 0 aliphatic carbocycles. The summed E-state index contributed by atoms with van der Waals surface area (Å²) in [6.07, 6.45) is 9.80. The van der Waals surface area contributed by atoms with Gasteiger partial charge in [-0.2, -0.15) is 0 Å². The Bertz CT molecular complexity index is 3370. The van der Waals surface area contributed by atoms with Gasteiger partial charge in [0.1, 0.15) is 26.4 Å². The highest BCUT2D eigenvalue weighted by atomic mass is 16.7. The number of benzene rings is 9. The van der Waals surface area contributed by atoms with Crippen LogP contribution in [0.4, 0.5) is 0 Å². The molecule has 94 heavy (non-hydrogen) atoms. The Labute approximate surface area is 548 Å². The fourth-order valence-corrected chi connectivity index (χ4v) is 11.3. The lowest BCUT2D eigenvalue weighted by Crippen LogP contribution is -2.25. The molecule has 0 N–H and O–H groups in total. The van der Waals surface area contributed by atoms with Gasteiger partial charge in [0.25, 0.3) is 0 Å². The van der Waals surface area contributed by atoms with Crippen molar-refractivity contribution in [1.82, 2.24) is 0 Å². The molecule has 13 rings (SSSR count). The third-order valence-corrected chi connectivity index (χ3v) is 16.3. The third kappa shape index (κ3) is 17.2. The van der Waals surface area contributed by atoms with Gasteiger partial charge in [0.05, 0.1) is 26.4 Å². The summed E-state index contributed by atoms with van der Waals surface area (Å²) in [5.74, 6) is 8.37. The van der Waals surface area contributed by atoms with Crippen LogP contribution in [0.15, 0.2) is 206 Å². The van der Waals surface area contributed by atoms with Crippen LogP contribution in [0.5, 0.6) is 92.0 Å². The van der Waals surface area contributed by atoms with Gasteiger partial charge in [-0.05, 0) is 183 Å². The van der Waals surface area contributed by atoms with Crippen molar-refractivity contribution in [3.63, 3.8) is 0 Å². The van der Waals surface area contributed by atoms with Gasteiger partial charge in [-0.15, -0.1) is 0 Å². The average Bonchev–Trinajstić information content (AvgIpc) is 1.02. The molecule has 4 aliphatic rings. The second kappa shape index (κ2) is 32.3. The van der Waals surface area contributed by atoms with Gasteiger partial charge in [-0.1, -0.05) is 97.1 Å². The molecule has 0 bridgehead atoms. The highest BCUT2D eigenvalue weighted by molar-refractivity contribution is 5.52. The van der Waals surface area contributed by atoms with Crippen LogP contribution in [0, 0.1) is 0 Å². The van der Waals surface area contributed by atoms with Gasteiger partial charge in [0, 0.05) is 25.7 Å². The number of hydrogen-bond acceptors (Lipinski definition) is 16. The second-order valence-electron chi connectivity index (χ2n) is 23.2. The number of hydrogen-bond donors (Lipinski definition) is 0. The highest BCUT2D eigenvalue weighted by Gasteiger charge is 2.25. The van der Waals surface area contributed by atoms with E-state index in [-0.39, 0.29) is 51.6 Å². The monoisotopic (exact) mass is 1270 g/mol. The summed E-state index contributed by atoms with van der Waals surface area (Å²) in [5, 5.41) is 0. The molecule has 4 aliphatic heterocycles. The van der Waals surface area contributed by atoms with Crippen molar-refractivity contribution in [3.05, 3.63) is 229 Å². The fraction of sp³-hybridized carbons (Fsp3) is 0.308. The molecule has 4 heterocycles. The minimum absolute atomic E-state index is 0.0819. The van der Waals surface area contributed by atoms with E-state index < -0.39 is 0 Å². The maximum atomic E-state index is 6.88. The zero-order valence-electron chi connectivity index (χ0n) is 52.6. The van der Waals surface area contributed by atoms with Gasteiger partial charge in [-0.25, -0.2) is 0 Å². The molecule has 0 saturated carbocycles. The Morgan fingerprint density at radius 2 is 0.404 bits per heavy atom. The molecule has 0 spiro atoms.